The van der Waals surface area contributed by atoms with Crippen LogP contribution in [0.5, 0.6) is 0 Å². The standard InChI is InChI=1S/C15H23N3O3/c1-4-18(5-2)15(21)11(3)16-12-7-6-8-13(9-12)17-14(20)10-19/h6-9,11,16,19H,4-5,10H2,1-3H3,(H,17,20)/t11-/m1/s1. The molecule has 0 spiro atoms. The van der Waals surface area contributed by atoms with Crippen molar-refractivity contribution in [1.29, 1.82) is 0 Å². The lowest BCUT2D eigenvalue weighted by atomic mass is 10.2. The number of hydrogen-bond acceptors (Lipinski definition) is 4. The Labute approximate surface area is 125 Å². The molecule has 21 heavy (non-hydrogen) atoms. The van der Waals surface area contributed by atoms with Crippen molar-refractivity contribution in [2.24, 2.45) is 0 Å². The molecule has 3 N–H and O–H groups in total. The van der Waals surface area contributed by atoms with Gasteiger partial charge in [0, 0.05) is 24.5 Å². The Morgan fingerprint density at radius 1 is 1.24 bits per heavy atom. The molecule has 1 atom stereocenters. The number of aliphatic hydroxyl groups excluding tert-OH is 1. The molecule has 0 saturated heterocycles. The van der Waals surface area contributed by atoms with Gasteiger partial charge in [-0.2, -0.15) is 0 Å². The first-order chi connectivity index (χ1) is 10.0. The second-order valence-corrected chi connectivity index (χ2v) is 4.66. The van der Waals surface area contributed by atoms with Gasteiger partial charge in [-0.15, -0.1) is 0 Å². The largest absolute Gasteiger partial charge is 0.387 e. The molecule has 0 aliphatic heterocycles. The van der Waals surface area contributed by atoms with Gasteiger partial charge in [-0.25, -0.2) is 0 Å². The van der Waals surface area contributed by atoms with Gasteiger partial charge >= 0.3 is 0 Å². The summed E-state index contributed by atoms with van der Waals surface area (Å²) in [7, 11) is 0. The number of anilines is 2. The van der Waals surface area contributed by atoms with E-state index in [1.165, 1.54) is 0 Å². The molecule has 2 amide bonds. The highest BCUT2D eigenvalue weighted by Gasteiger charge is 2.17. The minimum atomic E-state index is -0.561. The van der Waals surface area contributed by atoms with E-state index in [9.17, 15) is 9.59 Å². The van der Waals surface area contributed by atoms with Crippen LogP contribution in [-0.2, 0) is 9.59 Å². The summed E-state index contributed by atoms with van der Waals surface area (Å²) in [4.78, 5) is 25.1. The molecule has 0 aromatic heterocycles. The van der Waals surface area contributed by atoms with Crippen LogP contribution in [0.1, 0.15) is 20.8 Å². The van der Waals surface area contributed by atoms with Crippen LogP contribution in [0.2, 0.25) is 0 Å². The number of nitrogens with zero attached hydrogens (tertiary/aromatic N) is 1. The van der Waals surface area contributed by atoms with Gasteiger partial charge in [0.2, 0.25) is 11.8 Å². The van der Waals surface area contributed by atoms with Crippen LogP contribution in [0.3, 0.4) is 0 Å². The number of carbonyl (C=O) groups excluding carboxylic acids is 2. The molecule has 0 aliphatic rings. The van der Waals surface area contributed by atoms with Crippen molar-refractivity contribution < 1.29 is 14.7 Å². The fraction of sp³-hybridized carbons (Fsp3) is 0.467. The number of aliphatic hydroxyl groups is 1. The van der Waals surface area contributed by atoms with Gasteiger partial charge in [0.1, 0.15) is 12.6 Å². The van der Waals surface area contributed by atoms with Crippen molar-refractivity contribution in [3.63, 3.8) is 0 Å². The number of amides is 2. The molecular formula is C15H23N3O3. The maximum atomic E-state index is 12.2. The van der Waals surface area contributed by atoms with Crippen LogP contribution >= 0.6 is 0 Å². The highest BCUT2D eigenvalue weighted by Crippen LogP contribution is 2.16. The fourth-order valence-electron chi connectivity index (χ4n) is 2.01. The van der Waals surface area contributed by atoms with E-state index in [1.54, 1.807) is 30.0 Å². The highest BCUT2D eigenvalue weighted by atomic mass is 16.3. The topological polar surface area (TPSA) is 81.7 Å². The van der Waals surface area contributed by atoms with Gasteiger partial charge in [-0.05, 0) is 39.0 Å². The van der Waals surface area contributed by atoms with Crippen LogP contribution in [0.25, 0.3) is 0 Å². The minimum absolute atomic E-state index is 0.0322. The van der Waals surface area contributed by atoms with E-state index >= 15 is 0 Å². The molecule has 1 aromatic rings. The maximum Gasteiger partial charge on any atom is 0.250 e. The SMILES string of the molecule is CCN(CC)C(=O)[C@@H](C)Nc1cccc(NC(=O)CO)c1. The van der Waals surface area contributed by atoms with E-state index in [2.05, 4.69) is 10.6 Å². The number of hydrogen-bond donors (Lipinski definition) is 3. The Bertz CT molecular complexity index is 487. The van der Waals surface area contributed by atoms with E-state index < -0.39 is 12.5 Å². The Hall–Kier alpha value is -2.08. The third kappa shape index (κ3) is 5.07. The molecular weight excluding hydrogens is 270 g/mol. The van der Waals surface area contributed by atoms with Crippen LogP contribution in [0.4, 0.5) is 11.4 Å². The van der Waals surface area contributed by atoms with Crippen LogP contribution < -0.4 is 10.6 Å². The third-order valence-electron chi connectivity index (χ3n) is 3.12. The average molecular weight is 293 g/mol. The fourth-order valence-corrected chi connectivity index (χ4v) is 2.01. The zero-order chi connectivity index (χ0) is 15.8. The van der Waals surface area contributed by atoms with Crippen molar-refractivity contribution in [2.75, 3.05) is 30.3 Å². The number of likely N-dealkylation sites (N-methyl/N-ethyl adjacent to an activating group) is 1. The smallest absolute Gasteiger partial charge is 0.250 e. The summed E-state index contributed by atoms with van der Waals surface area (Å²) in [5.74, 6) is -0.441. The van der Waals surface area contributed by atoms with Crippen LogP contribution in [0, 0.1) is 0 Å². The quantitative estimate of drug-likeness (QED) is 0.707. The summed E-state index contributed by atoms with van der Waals surface area (Å²) in [6.07, 6.45) is 0. The van der Waals surface area contributed by atoms with Crippen molar-refractivity contribution in [2.45, 2.75) is 26.8 Å². The number of carbonyl (C=O) groups is 2. The second-order valence-electron chi connectivity index (χ2n) is 4.66. The van der Waals surface area contributed by atoms with Crippen LogP contribution in [0.15, 0.2) is 24.3 Å². The van der Waals surface area contributed by atoms with E-state index in [0.29, 0.717) is 18.8 Å². The van der Waals surface area contributed by atoms with E-state index in [-0.39, 0.29) is 11.9 Å². The zero-order valence-corrected chi connectivity index (χ0v) is 12.7. The summed E-state index contributed by atoms with van der Waals surface area (Å²) in [6, 6.07) is 6.67. The molecule has 0 radical (unpaired) electrons. The first-order valence-corrected chi connectivity index (χ1v) is 7.07. The van der Waals surface area contributed by atoms with Crippen molar-refractivity contribution >= 4 is 23.2 Å². The first kappa shape index (κ1) is 17.0. The molecule has 0 fully saturated rings. The van der Waals surface area contributed by atoms with Crippen molar-refractivity contribution in [3.8, 4) is 0 Å². The van der Waals surface area contributed by atoms with Gasteiger partial charge in [0.15, 0.2) is 0 Å². The summed E-state index contributed by atoms with van der Waals surface area (Å²) in [5, 5.41) is 14.4. The summed E-state index contributed by atoms with van der Waals surface area (Å²) in [6.45, 7) is 6.48. The molecule has 0 heterocycles. The average Bonchev–Trinajstić information content (AvgIpc) is 2.48. The number of nitrogens with one attached hydrogen (secondary N) is 2. The molecule has 116 valence electrons. The molecule has 0 unspecified atom stereocenters. The molecule has 0 saturated carbocycles. The maximum absolute atomic E-state index is 12.2. The normalized spacial score (nSPS) is 11.6. The van der Waals surface area contributed by atoms with Gasteiger partial charge < -0.3 is 20.6 Å². The van der Waals surface area contributed by atoms with Gasteiger partial charge in [-0.1, -0.05) is 6.07 Å². The molecule has 0 aliphatic carbocycles. The van der Waals surface area contributed by atoms with Gasteiger partial charge in [-0.3, -0.25) is 9.59 Å². The number of rotatable bonds is 7. The van der Waals surface area contributed by atoms with E-state index in [1.807, 2.05) is 19.9 Å². The Morgan fingerprint density at radius 3 is 2.43 bits per heavy atom. The number of benzene rings is 1. The molecule has 1 aromatic carbocycles. The predicted octanol–water partition coefficient (Wildman–Crippen LogP) is 1.29. The summed E-state index contributed by atoms with van der Waals surface area (Å²) in [5.41, 5.74) is 1.31. The zero-order valence-electron chi connectivity index (χ0n) is 12.7. The highest BCUT2D eigenvalue weighted by molar-refractivity contribution is 5.92. The summed E-state index contributed by atoms with van der Waals surface area (Å²) >= 11 is 0. The lowest BCUT2D eigenvalue weighted by Gasteiger charge is -2.24. The molecule has 6 heteroatoms. The third-order valence-corrected chi connectivity index (χ3v) is 3.12. The molecule has 1 rings (SSSR count). The predicted molar refractivity (Wildman–Crippen MR) is 83.2 cm³/mol. The molecule has 6 nitrogen and oxygen atoms in total. The second kappa shape index (κ2) is 8.26. The minimum Gasteiger partial charge on any atom is -0.387 e. The van der Waals surface area contributed by atoms with Crippen molar-refractivity contribution in [3.05, 3.63) is 24.3 Å². The Kier molecular flexibility index (Phi) is 6.68. The lowest BCUT2D eigenvalue weighted by Crippen LogP contribution is -2.41. The van der Waals surface area contributed by atoms with E-state index in [0.717, 1.165) is 5.69 Å². The van der Waals surface area contributed by atoms with Gasteiger partial charge in [0.05, 0.1) is 0 Å². The first-order valence-electron chi connectivity index (χ1n) is 7.07. The van der Waals surface area contributed by atoms with Gasteiger partial charge in [0.25, 0.3) is 0 Å². The van der Waals surface area contributed by atoms with Crippen molar-refractivity contribution in [1.82, 2.24) is 4.90 Å². The lowest BCUT2D eigenvalue weighted by molar-refractivity contribution is -0.131. The molecule has 0 bridgehead atoms. The Balaban J connectivity index is 2.72. The van der Waals surface area contributed by atoms with E-state index in [4.69, 9.17) is 5.11 Å². The van der Waals surface area contributed by atoms with Crippen LogP contribution in [-0.4, -0.2) is 47.6 Å². The Morgan fingerprint density at radius 2 is 1.86 bits per heavy atom. The monoisotopic (exact) mass is 293 g/mol. The summed E-state index contributed by atoms with van der Waals surface area (Å²) < 4.78 is 0.